The molecule has 0 radical (unpaired) electrons. The van der Waals surface area contributed by atoms with Gasteiger partial charge in [-0.1, -0.05) is 6.07 Å². The highest BCUT2D eigenvalue weighted by molar-refractivity contribution is 5.90. The molecular weight excluding hydrogens is 218 g/mol. The number of rotatable bonds is 3. The van der Waals surface area contributed by atoms with Gasteiger partial charge in [-0.15, -0.1) is 0 Å². The van der Waals surface area contributed by atoms with Crippen molar-refractivity contribution in [2.45, 2.75) is 25.4 Å². The SMILES string of the molecule is Nc1cccc(C(=O)OCC2CCCCO2)c1. The zero-order chi connectivity index (χ0) is 12.1. The number of nitrogens with two attached hydrogens (primary N) is 1. The number of carbonyl (C=O) groups is 1. The van der Waals surface area contributed by atoms with Crippen LogP contribution in [0.1, 0.15) is 29.6 Å². The maximum absolute atomic E-state index is 11.7. The van der Waals surface area contributed by atoms with Crippen LogP contribution in [0, 0.1) is 0 Å². The molecule has 1 aliphatic rings. The first-order valence-corrected chi connectivity index (χ1v) is 5.90. The first-order valence-electron chi connectivity index (χ1n) is 5.90. The van der Waals surface area contributed by atoms with Crippen molar-refractivity contribution >= 4 is 11.7 Å². The summed E-state index contributed by atoms with van der Waals surface area (Å²) in [6, 6.07) is 6.79. The molecule has 92 valence electrons. The molecular formula is C13H17NO3. The summed E-state index contributed by atoms with van der Waals surface area (Å²) in [4.78, 5) is 11.7. The van der Waals surface area contributed by atoms with Crippen LogP contribution in [0.4, 0.5) is 5.69 Å². The number of ether oxygens (including phenoxy) is 2. The third-order valence-electron chi connectivity index (χ3n) is 2.80. The van der Waals surface area contributed by atoms with Gasteiger partial charge < -0.3 is 15.2 Å². The number of hydrogen-bond acceptors (Lipinski definition) is 4. The Morgan fingerprint density at radius 2 is 2.35 bits per heavy atom. The molecule has 0 amide bonds. The highest BCUT2D eigenvalue weighted by Crippen LogP contribution is 2.14. The maximum atomic E-state index is 11.7. The van der Waals surface area contributed by atoms with Crippen molar-refractivity contribution in [2.75, 3.05) is 18.9 Å². The average Bonchev–Trinajstić information content (AvgIpc) is 2.37. The van der Waals surface area contributed by atoms with Crippen LogP contribution in [-0.4, -0.2) is 25.3 Å². The van der Waals surface area contributed by atoms with E-state index in [0.29, 0.717) is 17.9 Å². The van der Waals surface area contributed by atoms with Crippen molar-refractivity contribution in [3.63, 3.8) is 0 Å². The van der Waals surface area contributed by atoms with Gasteiger partial charge in [0.15, 0.2) is 0 Å². The molecule has 1 unspecified atom stereocenters. The lowest BCUT2D eigenvalue weighted by molar-refractivity contribution is -0.0300. The molecule has 1 aliphatic heterocycles. The highest BCUT2D eigenvalue weighted by atomic mass is 16.6. The normalized spacial score (nSPS) is 19.9. The Balaban J connectivity index is 1.84. The van der Waals surface area contributed by atoms with Gasteiger partial charge in [-0.2, -0.15) is 0 Å². The lowest BCUT2D eigenvalue weighted by Gasteiger charge is -2.22. The van der Waals surface area contributed by atoms with E-state index in [2.05, 4.69) is 0 Å². The van der Waals surface area contributed by atoms with Gasteiger partial charge in [-0.25, -0.2) is 4.79 Å². The molecule has 1 heterocycles. The van der Waals surface area contributed by atoms with Gasteiger partial charge in [0.05, 0.1) is 11.7 Å². The largest absolute Gasteiger partial charge is 0.459 e. The first-order chi connectivity index (χ1) is 8.25. The van der Waals surface area contributed by atoms with E-state index in [0.717, 1.165) is 25.9 Å². The molecule has 0 aromatic heterocycles. The van der Waals surface area contributed by atoms with E-state index >= 15 is 0 Å². The molecule has 1 saturated heterocycles. The molecule has 1 aromatic carbocycles. The molecule has 1 fully saturated rings. The summed E-state index contributed by atoms with van der Waals surface area (Å²) < 4.78 is 10.7. The molecule has 4 heteroatoms. The molecule has 0 spiro atoms. The highest BCUT2D eigenvalue weighted by Gasteiger charge is 2.16. The molecule has 0 saturated carbocycles. The van der Waals surface area contributed by atoms with Gasteiger partial charge in [-0.3, -0.25) is 0 Å². The summed E-state index contributed by atoms with van der Waals surface area (Å²) in [7, 11) is 0. The molecule has 4 nitrogen and oxygen atoms in total. The van der Waals surface area contributed by atoms with Gasteiger partial charge >= 0.3 is 5.97 Å². The average molecular weight is 235 g/mol. The van der Waals surface area contributed by atoms with Gasteiger partial charge in [0.1, 0.15) is 6.61 Å². The molecule has 0 bridgehead atoms. The van der Waals surface area contributed by atoms with Crippen LogP contribution in [-0.2, 0) is 9.47 Å². The van der Waals surface area contributed by atoms with Gasteiger partial charge in [0, 0.05) is 12.3 Å². The molecule has 17 heavy (non-hydrogen) atoms. The van der Waals surface area contributed by atoms with Crippen molar-refractivity contribution in [3.05, 3.63) is 29.8 Å². The van der Waals surface area contributed by atoms with E-state index in [4.69, 9.17) is 15.2 Å². The fourth-order valence-corrected chi connectivity index (χ4v) is 1.86. The lowest BCUT2D eigenvalue weighted by Crippen LogP contribution is -2.25. The van der Waals surface area contributed by atoms with E-state index in [1.165, 1.54) is 0 Å². The second kappa shape index (κ2) is 5.68. The second-order valence-corrected chi connectivity index (χ2v) is 4.21. The van der Waals surface area contributed by atoms with E-state index in [9.17, 15) is 4.79 Å². The van der Waals surface area contributed by atoms with Crippen LogP contribution in [0.2, 0.25) is 0 Å². The predicted molar refractivity (Wildman–Crippen MR) is 64.7 cm³/mol. The predicted octanol–water partition coefficient (Wildman–Crippen LogP) is 1.99. The zero-order valence-corrected chi connectivity index (χ0v) is 9.72. The van der Waals surface area contributed by atoms with Gasteiger partial charge in [0.25, 0.3) is 0 Å². The van der Waals surface area contributed by atoms with Crippen molar-refractivity contribution in [1.82, 2.24) is 0 Å². The van der Waals surface area contributed by atoms with Gasteiger partial charge in [0.2, 0.25) is 0 Å². The number of benzene rings is 1. The standard InChI is InChI=1S/C13H17NO3/c14-11-5-3-4-10(8-11)13(15)17-9-12-6-1-2-7-16-12/h3-5,8,12H,1-2,6-7,9,14H2. The van der Waals surface area contributed by atoms with E-state index < -0.39 is 0 Å². The summed E-state index contributed by atoms with van der Waals surface area (Å²) >= 11 is 0. The van der Waals surface area contributed by atoms with Crippen LogP contribution in [0.5, 0.6) is 0 Å². The number of hydrogen-bond donors (Lipinski definition) is 1. The first kappa shape index (κ1) is 11.9. The summed E-state index contributed by atoms with van der Waals surface area (Å²) in [5.74, 6) is -0.341. The summed E-state index contributed by atoms with van der Waals surface area (Å²) in [5, 5.41) is 0. The van der Waals surface area contributed by atoms with Crippen LogP contribution >= 0.6 is 0 Å². The summed E-state index contributed by atoms with van der Waals surface area (Å²) in [6.07, 6.45) is 3.25. The number of anilines is 1. The quantitative estimate of drug-likeness (QED) is 0.643. The minimum absolute atomic E-state index is 0.0498. The molecule has 1 atom stereocenters. The Morgan fingerprint density at radius 3 is 3.06 bits per heavy atom. The van der Waals surface area contributed by atoms with E-state index in [1.54, 1.807) is 24.3 Å². The topological polar surface area (TPSA) is 61.6 Å². The summed E-state index contributed by atoms with van der Waals surface area (Å²) in [5.41, 5.74) is 6.65. The van der Waals surface area contributed by atoms with Crippen LogP contribution < -0.4 is 5.73 Å². The smallest absolute Gasteiger partial charge is 0.338 e. The van der Waals surface area contributed by atoms with Crippen LogP contribution in [0.15, 0.2) is 24.3 Å². The molecule has 1 aromatic rings. The van der Waals surface area contributed by atoms with Gasteiger partial charge in [-0.05, 0) is 37.5 Å². The van der Waals surface area contributed by atoms with Crippen molar-refractivity contribution in [3.8, 4) is 0 Å². The zero-order valence-electron chi connectivity index (χ0n) is 9.72. The Kier molecular flexibility index (Phi) is 3.98. The number of nitrogen functional groups attached to an aromatic ring is 1. The minimum Gasteiger partial charge on any atom is -0.459 e. The Bertz CT molecular complexity index is 386. The maximum Gasteiger partial charge on any atom is 0.338 e. The Labute approximate surface area is 101 Å². The third kappa shape index (κ3) is 3.46. The Morgan fingerprint density at radius 1 is 1.47 bits per heavy atom. The third-order valence-corrected chi connectivity index (χ3v) is 2.80. The van der Waals surface area contributed by atoms with Crippen molar-refractivity contribution in [1.29, 1.82) is 0 Å². The van der Waals surface area contributed by atoms with E-state index in [1.807, 2.05) is 0 Å². The molecule has 2 rings (SSSR count). The molecule has 2 N–H and O–H groups in total. The van der Waals surface area contributed by atoms with Crippen molar-refractivity contribution in [2.24, 2.45) is 0 Å². The minimum atomic E-state index is -0.341. The number of esters is 1. The lowest BCUT2D eigenvalue weighted by atomic mass is 10.1. The van der Waals surface area contributed by atoms with Crippen LogP contribution in [0.3, 0.4) is 0 Å². The monoisotopic (exact) mass is 235 g/mol. The van der Waals surface area contributed by atoms with Crippen molar-refractivity contribution < 1.29 is 14.3 Å². The fraction of sp³-hybridized carbons (Fsp3) is 0.462. The summed E-state index contributed by atoms with van der Waals surface area (Å²) in [6.45, 7) is 1.09. The fourth-order valence-electron chi connectivity index (χ4n) is 1.86. The second-order valence-electron chi connectivity index (χ2n) is 4.21. The number of carbonyl (C=O) groups excluding carboxylic acids is 1. The Hall–Kier alpha value is -1.55. The molecule has 0 aliphatic carbocycles. The van der Waals surface area contributed by atoms with Crippen LogP contribution in [0.25, 0.3) is 0 Å². The van der Waals surface area contributed by atoms with E-state index in [-0.39, 0.29) is 12.1 Å².